The van der Waals surface area contributed by atoms with E-state index in [2.05, 4.69) is 10.6 Å². The van der Waals surface area contributed by atoms with Crippen molar-refractivity contribution in [2.24, 2.45) is 0 Å². The van der Waals surface area contributed by atoms with Crippen molar-refractivity contribution >= 4 is 11.8 Å². The first-order chi connectivity index (χ1) is 10.2. The topological polar surface area (TPSA) is 70.7 Å². The summed E-state index contributed by atoms with van der Waals surface area (Å²) in [6.07, 6.45) is 6.91. The lowest BCUT2D eigenvalue weighted by atomic mass is 10.2. The average molecular weight is 295 g/mol. The molecule has 6 heteroatoms. The van der Waals surface area contributed by atoms with Crippen LogP contribution in [0.4, 0.5) is 0 Å². The molecule has 118 valence electrons. The van der Waals surface area contributed by atoms with Crippen LogP contribution >= 0.6 is 0 Å². The number of nitrogens with one attached hydrogen (secondary N) is 2. The molecule has 21 heavy (non-hydrogen) atoms. The van der Waals surface area contributed by atoms with E-state index in [9.17, 15) is 9.59 Å². The first-order valence-corrected chi connectivity index (χ1v) is 8.15. The van der Waals surface area contributed by atoms with E-state index in [0.29, 0.717) is 38.4 Å². The fourth-order valence-electron chi connectivity index (χ4n) is 3.11. The van der Waals surface area contributed by atoms with Crippen molar-refractivity contribution in [1.82, 2.24) is 15.5 Å². The molecule has 1 unspecified atom stereocenters. The summed E-state index contributed by atoms with van der Waals surface area (Å²) in [5.41, 5.74) is 0. The Hall–Kier alpha value is -1.14. The lowest BCUT2D eigenvalue weighted by molar-refractivity contribution is -0.148. The van der Waals surface area contributed by atoms with Crippen LogP contribution in [-0.2, 0) is 14.3 Å². The number of ether oxygens (including phenoxy) is 1. The highest BCUT2D eigenvalue weighted by atomic mass is 16.5. The van der Waals surface area contributed by atoms with Gasteiger partial charge >= 0.3 is 0 Å². The van der Waals surface area contributed by atoms with Gasteiger partial charge < -0.3 is 20.3 Å². The van der Waals surface area contributed by atoms with E-state index in [0.717, 1.165) is 25.7 Å². The maximum atomic E-state index is 12.4. The summed E-state index contributed by atoms with van der Waals surface area (Å²) in [5, 5.41) is 6.30. The van der Waals surface area contributed by atoms with E-state index >= 15 is 0 Å². The minimum atomic E-state index is -0.461. The Morgan fingerprint density at radius 3 is 2.57 bits per heavy atom. The Kier molecular flexibility index (Phi) is 4.75. The van der Waals surface area contributed by atoms with Crippen LogP contribution in [0.5, 0.6) is 0 Å². The molecule has 0 aromatic carbocycles. The van der Waals surface area contributed by atoms with Gasteiger partial charge in [0.05, 0.1) is 19.8 Å². The smallest absolute Gasteiger partial charge is 0.245 e. The minimum Gasteiger partial charge on any atom is -0.377 e. The quantitative estimate of drug-likeness (QED) is 0.750. The number of rotatable bonds is 5. The predicted octanol–water partition coefficient (Wildman–Crippen LogP) is 0.0246. The highest BCUT2D eigenvalue weighted by molar-refractivity contribution is 5.89. The van der Waals surface area contributed by atoms with E-state index < -0.39 is 6.04 Å². The van der Waals surface area contributed by atoms with Gasteiger partial charge in [-0.1, -0.05) is 12.8 Å². The standard InChI is InChI=1S/C15H25N3O3/c19-14(9-16-11-3-1-2-4-11)18-7-8-21-10-13(18)15(20)17-12-5-6-12/h11-13,16H,1-10H2,(H,17,20). The fourth-order valence-corrected chi connectivity index (χ4v) is 3.11. The molecule has 0 aromatic heterocycles. The van der Waals surface area contributed by atoms with Crippen LogP contribution in [0, 0.1) is 0 Å². The van der Waals surface area contributed by atoms with Gasteiger partial charge in [-0.05, 0) is 25.7 Å². The molecule has 2 saturated carbocycles. The van der Waals surface area contributed by atoms with Crippen molar-refractivity contribution in [2.45, 2.75) is 56.7 Å². The minimum absolute atomic E-state index is 0.0150. The normalized spacial score (nSPS) is 26.9. The molecule has 2 aliphatic carbocycles. The van der Waals surface area contributed by atoms with Crippen molar-refractivity contribution in [2.75, 3.05) is 26.3 Å². The zero-order chi connectivity index (χ0) is 14.7. The van der Waals surface area contributed by atoms with Gasteiger partial charge in [-0.2, -0.15) is 0 Å². The molecular formula is C15H25N3O3. The summed E-state index contributed by atoms with van der Waals surface area (Å²) in [6.45, 7) is 1.67. The van der Waals surface area contributed by atoms with Gasteiger partial charge in [0.25, 0.3) is 0 Å². The second kappa shape index (κ2) is 6.75. The molecule has 6 nitrogen and oxygen atoms in total. The number of morpholine rings is 1. The zero-order valence-corrected chi connectivity index (χ0v) is 12.5. The predicted molar refractivity (Wildman–Crippen MR) is 77.7 cm³/mol. The summed E-state index contributed by atoms with van der Waals surface area (Å²) in [6, 6.07) is 0.318. The number of hydrogen-bond acceptors (Lipinski definition) is 4. The summed E-state index contributed by atoms with van der Waals surface area (Å²) >= 11 is 0. The van der Waals surface area contributed by atoms with E-state index in [1.807, 2.05) is 0 Å². The van der Waals surface area contributed by atoms with Gasteiger partial charge in [-0.25, -0.2) is 0 Å². The number of nitrogens with zero attached hydrogens (tertiary/aromatic N) is 1. The van der Waals surface area contributed by atoms with Crippen LogP contribution in [0.3, 0.4) is 0 Å². The molecular weight excluding hydrogens is 270 g/mol. The Balaban J connectivity index is 1.51. The molecule has 0 bridgehead atoms. The van der Waals surface area contributed by atoms with E-state index in [1.165, 1.54) is 12.8 Å². The molecule has 1 atom stereocenters. The van der Waals surface area contributed by atoms with Gasteiger partial charge in [0.15, 0.2) is 0 Å². The summed E-state index contributed by atoms with van der Waals surface area (Å²) < 4.78 is 5.39. The second-order valence-electron chi connectivity index (χ2n) is 6.32. The van der Waals surface area contributed by atoms with Crippen molar-refractivity contribution < 1.29 is 14.3 Å². The third-order valence-electron chi connectivity index (χ3n) is 4.57. The second-order valence-corrected chi connectivity index (χ2v) is 6.32. The molecule has 3 aliphatic rings. The highest BCUT2D eigenvalue weighted by Crippen LogP contribution is 2.20. The molecule has 3 rings (SSSR count). The Bertz CT molecular complexity index is 392. The van der Waals surface area contributed by atoms with Crippen molar-refractivity contribution in [3.8, 4) is 0 Å². The van der Waals surface area contributed by atoms with E-state index in [-0.39, 0.29) is 11.8 Å². The number of carbonyl (C=O) groups is 2. The first kappa shape index (κ1) is 14.8. The monoisotopic (exact) mass is 295 g/mol. The van der Waals surface area contributed by atoms with Crippen LogP contribution in [-0.4, -0.2) is 61.1 Å². The van der Waals surface area contributed by atoms with Gasteiger partial charge in [-0.15, -0.1) is 0 Å². The summed E-state index contributed by atoms with van der Waals surface area (Å²) in [5.74, 6) is -0.0486. The molecule has 1 heterocycles. The average Bonchev–Trinajstić information content (AvgIpc) is 3.16. The van der Waals surface area contributed by atoms with Crippen LogP contribution in [0.15, 0.2) is 0 Å². The molecule has 1 aliphatic heterocycles. The van der Waals surface area contributed by atoms with E-state index in [1.54, 1.807) is 4.90 Å². The lowest BCUT2D eigenvalue weighted by Crippen LogP contribution is -2.58. The number of amides is 2. The third-order valence-corrected chi connectivity index (χ3v) is 4.57. The Morgan fingerprint density at radius 2 is 1.86 bits per heavy atom. The van der Waals surface area contributed by atoms with Crippen LogP contribution in [0.2, 0.25) is 0 Å². The highest BCUT2D eigenvalue weighted by Gasteiger charge is 2.35. The maximum Gasteiger partial charge on any atom is 0.245 e. The van der Waals surface area contributed by atoms with Crippen LogP contribution in [0.1, 0.15) is 38.5 Å². The Labute approximate surface area is 125 Å². The SMILES string of the molecule is O=C(NC1CC1)C1COCCN1C(=O)CNC1CCCC1. The van der Waals surface area contributed by atoms with Gasteiger partial charge in [0.1, 0.15) is 6.04 Å². The molecule has 0 radical (unpaired) electrons. The molecule has 3 fully saturated rings. The van der Waals surface area contributed by atoms with Crippen LogP contribution < -0.4 is 10.6 Å². The molecule has 2 amide bonds. The number of hydrogen-bond donors (Lipinski definition) is 2. The van der Waals surface area contributed by atoms with Gasteiger partial charge in [0, 0.05) is 18.6 Å². The largest absolute Gasteiger partial charge is 0.377 e. The molecule has 2 N–H and O–H groups in total. The lowest BCUT2D eigenvalue weighted by Gasteiger charge is -2.35. The third kappa shape index (κ3) is 3.95. The molecule has 1 saturated heterocycles. The van der Waals surface area contributed by atoms with Crippen molar-refractivity contribution in [1.29, 1.82) is 0 Å². The molecule has 0 spiro atoms. The van der Waals surface area contributed by atoms with Crippen molar-refractivity contribution in [3.63, 3.8) is 0 Å². The maximum absolute atomic E-state index is 12.4. The fraction of sp³-hybridized carbons (Fsp3) is 0.867. The summed E-state index contributed by atoms with van der Waals surface area (Å²) in [7, 11) is 0. The zero-order valence-electron chi connectivity index (χ0n) is 12.5. The summed E-state index contributed by atoms with van der Waals surface area (Å²) in [4.78, 5) is 26.3. The van der Waals surface area contributed by atoms with Gasteiger partial charge in [-0.3, -0.25) is 9.59 Å². The van der Waals surface area contributed by atoms with E-state index in [4.69, 9.17) is 4.74 Å². The van der Waals surface area contributed by atoms with Crippen LogP contribution in [0.25, 0.3) is 0 Å². The molecule has 0 aromatic rings. The van der Waals surface area contributed by atoms with Gasteiger partial charge in [0.2, 0.25) is 11.8 Å². The first-order valence-electron chi connectivity index (χ1n) is 8.15. The van der Waals surface area contributed by atoms with Crippen molar-refractivity contribution in [3.05, 3.63) is 0 Å². The number of carbonyl (C=O) groups excluding carboxylic acids is 2. The Morgan fingerprint density at radius 1 is 1.10 bits per heavy atom.